The number of benzene rings is 1. The van der Waals surface area contributed by atoms with Crippen molar-refractivity contribution < 1.29 is 9.59 Å². The molecule has 8 nitrogen and oxygen atoms in total. The standard InChI is InChI=1S/C22H24N6O2/c29-20(27-13-10-24-21(30)22(8-1-9-22)25-12-14-27)17-4-2-16(3-5-17)18-6-7-19-23-11-15-28(19)26-18/h2-7,11,15,25H,1,8-10,12-14H2,(H,24,30). The maximum atomic E-state index is 13.0. The number of hydrogen-bond acceptors (Lipinski definition) is 5. The van der Waals surface area contributed by atoms with Crippen molar-refractivity contribution in [1.29, 1.82) is 0 Å². The van der Waals surface area contributed by atoms with Gasteiger partial charge in [0, 0.05) is 49.7 Å². The highest BCUT2D eigenvalue weighted by Crippen LogP contribution is 2.32. The van der Waals surface area contributed by atoms with E-state index in [1.54, 1.807) is 15.6 Å². The van der Waals surface area contributed by atoms with Crippen LogP contribution in [0.4, 0.5) is 0 Å². The minimum absolute atomic E-state index is 0.0276. The molecule has 0 unspecified atom stereocenters. The Kier molecular flexibility index (Phi) is 4.71. The summed E-state index contributed by atoms with van der Waals surface area (Å²) < 4.78 is 1.73. The van der Waals surface area contributed by atoms with E-state index in [0.29, 0.717) is 31.7 Å². The lowest BCUT2D eigenvalue weighted by Gasteiger charge is -2.40. The van der Waals surface area contributed by atoms with E-state index >= 15 is 0 Å². The van der Waals surface area contributed by atoms with Gasteiger partial charge in [-0.1, -0.05) is 12.1 Å². The number of rotatable bonds is 2. The second kappa shape index (κ2) is 7.53. The van der Waals surface area contributed by atoms with Gasteiger partial charge in [-0.05, 0) is 43.5 Å². The first kappa shape index (κ1) is 18.7. The Morgan fingerprint density at radius 3 is 2.60 bits per heavy atom. The van der Waals surface area contributed by atoms with Crippen LogP contribution in [0.15, 0.2) is 48.8 Å². The van der Waals surface area contributed by atoms with Crippen molar-refractivity contribution >= 4 is 17.5 Å². The predicted molar refractivity (Wildman–Crippen MR) is 112 cm³/mol. The van der Waals surface area contributed by atoms with Gasteiger partial charge >= 0.3 is 0 Å². The summed E-state index contributed by atoms with van der Waals surface area (Å²) in [6.07, 6.45) is 6.32. The molecule has 1 aliphatic heterocycles. The Labute approximate surface area is 174 Å². The van der Waals surface area contributed by atoms with Crippen molar-refractivity contribution in [3.05, 3.63) is 54.4 Å². The molecular formula is C22H24N6O2. The molecule has 2 aliphatic rings. The number of carbonyl (C=O) groups excluding carboxylic acids is 2. The van der Waals surface area contributed by atoms with Crippen LogP contribution >= 0.6 is 0 Å². The van der Waals surface area contributed by atoms with Crippen LogP contribution in [0.3, 0.4) is 0 Å². The zero-order valence-electron chi connectivity index (χ0n) is 16.7. The van der Waals surface area contributed by atoms with Crippen molar-refractivity contribution in [2.75, 3.05) is 26.2 Å². The molecule has 3 aromatic rings. The molecule has 2 N–H and O–H groups in total. The predicted octanol–water partition coefficient (Wildman–Crippen LogP) is 1.48. The lowest BCUT2D eigenvalue weighted by atomic mass is 9.76. The van der Waals surface area contributed by atoms with Crippen LogP contribution in [0.5, 0.6) is 0 Å². The Morgan fingerprint density at radius 1 is 1.03 bits per heavy atom. The van der Waals surface area contributed by atoms with Gasteiger partial charge in [0.2, 0.25) is 5.91 Å². The highest BCUT2D eigenvalue weighted by molar-refractivity contribution is 5.95. The summed E-state index contributed by atoms with van der Waals surface area (Å²) in [4.78, 5) is 31.5. The van der Waals surface area contributed by atoms with E-state index in [2.05, 4.69) is 20.7 Å². The van der Waals surface area contributed by atoms with Crippen molar-refractivity contribution in [3.8, 4) is 11.3 Å². The number of imidazole rings is 1. The summed E-state index contributed by atoms with van der Waals surface area (Å²) in [7, 11) is 0. The van der Waals surface area contributed by atoms with Crippen LogP contribution in [-0.4, -0.2) is 63.0 Å². The van der Waals surface area contributed by atoms with Crippen LogP contribution in [0.2, 0.25) is 0 Å². The van der Waals surface area contributed by atoms with Crippen molar-refractivity contribution in [1.82, 2.24) is 30.1 Å². The van der Waals surface area contributed by atoms with Crippen LogP contribution in [0, 0.1) is 0 Å². The molecule has 2 aromatic heterocycles. The molecule has 5 rings (SSSR count). The molecule has 154 valence electrons. The molecule has 1 spiro atoms. The zero-order chi connectivity index (χ0) is 20.6. The van der Waals surface area contributed by atoms with Crippen LogP contribution in [0.1, 0.15) is 29.6 Å². The maximum Gasteiger partial charge on any atom is 0.253 e. The molecule has 0 radical (unpaired) electrons. The smallest absolute Gasteiger partial charge is 0.253 e. The van der Waals surface area contributed by atoms with Gasteiger partial charge in [-0.25, -0.2) is 9.50 Å². The Bertz CT molecular complexity index is 1090. The molecule has 1 saturated heterocycles. The van der Waals surface area contributed by atoms with Crippen LogP contribution in [0.25, 0.3) is 16.9 Å². The monoisotopic (exact) mass is 404 g/mol. The normalized spacial score (nSPS) is 18.9. The van der Waals surface area contributed by atoms with Gasteiger partial charge in [0.25, 0.3) is 5.91 Å². The number of carbonyl (C=O) groups is 2. The Balaban J connectivity index is 1.30. The van der Waals surface area contributed by atoms with Gasteiger partial charge in [-0.2, -0.15) is 5.10 Å². The van der Waals surface area contributed by atoms with E-state index in [1.807, 2.05) is 42.6 Å². The summed E-state index contributed by atoms with van der Waals surface area (Å²) in [5.74, 6) is 0.0370. The number of aromatic nitrogens is 3. The van der Waals surface area contributed by atoms with Crippen LogP contribution in [-0.2, 0) is 4.79 Å². The topological polar surface area (TPSA) is 91.6 Å². The molecule has 3 heterocycles. The number of amides is 2. The van der Waals surface area contributed by atoms with E-state index < -0.39 is 5.54 Å². The van der Waals surface area contributed by atoms with E-state index in [0.717, 1.165) is 36.2 Å². The van der Waals surface area contributed by atoms with Crippen molar-refractivity contribution in [2.45, 2.75) is 24.8 Å². The SMILES string of the molecule is O=C(c1ccc(-c2ccc3nccn3n2)cc1)N1CCNC(=O)C2(CCC2)NCC1. The van der Waals surface area contributed by atoms with E-state index in [1.165, 1.54) is 0 Å². The number of fused-ring (bicyclic) bond motifs is 1. The maximum absolute atomic E-state index is 13.0. The van der Waals surface area contributed by atoms with E-state index in [-0.39, 0.29) is 11.8 Å². The lowest BCUT2D eigenvalue weighted by Crippen LogP contribution is -2.61. The van der Waals surface area contributed by atoms with Gasteiger partial charge in [0.05, 0.1) is 11.2 Å². The van der Waals surface area contributed by atoms with Gasteiger partial charge < -0.3 is 15.5 Å². The average molecular weight is 404 g/mol. The van der Waals surface area contributed by atoms with E-state index in [4.69, 9.17) is 0 Å². The first-order valence-electron chi connectivity index (χ1n) is 10.4. The quantitative estimate of drug-likeness (QED) is 0.675. The molecule has 2 fully saturated rings. The van der Waals surface area contributed by atoms with Gasteiger partial charge in [-0.15, -0.1) is 0 Å². The molecule has 2 amide bonds. The molecule has 1 aromatic carbocycles. The third-order valence-corrected chi connectivity index (χ3v) is 6.12. The summed E-state index contributed by atoms with van der Waals surface area (Å²) >= 11 is 0. The molecular weight excluding hydrogens is 380 g/mol. The molecule has 1 saturated carbocycles. The summed E-state index contributed by atoms with van der Waals surface area (Å²) in [6.45, 7) is 2.17. The second-order valence-corrected chi connectivity index (χ2v) is 7.94. The fraction of sp³-hybridized carbons (Fsp3) is 0.364. The van der Waals surface area contributed by atoms with Crippen molar-refractivity contribution in [2.24, 2.45) is 0 Å². The summed E-state index contributed by atoms with van der Waals surface area (Å²) in [5, 5.41) is 10.9. The van der Waals surface area contributed by atoms with E-state index in [9.17, 15) is 9.59 Å². The zero-order valence-corrected chi connectivity index (χ0v) is 16.7. The average Bonchev–Trinajstić information content (AvgIpc) is 3.23. The molecule has 0 atom stereocenters. The third kappa shape index (κ3) is 3.33. The van der Waals surface area contributed by atoms with Crippen molar-refractivity contribution in [3.63, 3.8) is 0 Å². The minimum atomic E-state index is -0.427. The highest BCUT2D eigenvalue weighted by atomic mass is 16.2. The van der Waals surface area contributed by atoms with Gasteiger partial charge in [0.1, 0.15) is 0 Å². The molecule has 8 heteroatoms. The Morgan fingerprint density at radius 2 is 1.83 bits per heavy atom. The first-order valence-corrected chi connectivity index (χ1v) is 10.4. The van der Waals surface area contributed by atoms with Gasteiger partial charge in [-0.3, -0.25) is 9.59 Å². The molecule has 0 bridgehead atoms. The first-order chi connectivity index (χ1) is 14.6. The Hall–Kier alpha value is -3.26. The largest absolute Gasteiger partial charge is 0.353 e. The molecule has 30 heavy (non-hydrogen) atoms. The fourth-order valence-corrected chi connectivity index (χ4v) is 4.17. The van der Waals surface area contributed by atoms with Gasteiger partial charge in [0.15, 0.2) is 5.65 Å². The number of nitrogens with one attached hydrogen (secondary N) is 2. The number of hydrogen-bond donors (Lipinski definition) is 2. The third-order valence-electron chi connectivity index (χ3n) is 6.12. The molecule has 1 aliphatic carbocycles. The minimum Gasteiger partial charge on any atom is -0.353 e. The fourth-order valence-electron chi connectivity index (χ4n) is 4.17. The summed E-state index contributed by atoms with van der Waals surface area (Å²) in [6, 6.07) is 11.3. The summed E-state index contributed by atoms with van der Waals surface area (Å²) in [5.41, 5.74) is 2.76. The highest BCUT2D eigenvalue weighted by Gasteiger charge is 2.43. The second-order valence-electron chi connectivity index (χ2n) is 7.94. The van der Waals surface area contributed by atoms with Crippen LogP contribution < -0.4 is 10.6 Å². The lowest BCUT2D eigenvalue weighted by molar-refractivity contribution is -0.130. The number of nitrogens with zero attached hydrogens (tertiary/aromatic N) is 4.